The van der Waals surface area contributed by atoms with Crippen LogP contribution >= 0.6 is 0 Å². The first kappa shape index (κ1) is 27.3. The van der Waals surface area contributed by atoms with Gasteiger partial charge in [0, 0.05) is 41.8 Å². The van der Waals surface area contributed by atoms with Gasteiger partial charge in [0.05, 0.1) is 23.7 Å². The fraction of sp³-hybridized carbons (Fsp3) is 0.0588. The minimum absolute atomic E-state index is 0.980. The number of H-pyrrole nitrogens is 1. The zero-order chi connectivity index (χ0) is 26.9. The van der Waals surface area contributed by atoms with Crippen LogP contribution in [0.4, 0.5) is 0 Å². The van der Waals surface area contributed by atoms with Crippen molar-refractivity contribution in [3.63, 3.8) is 0 Å². The van der Waals surface area contributed by atoms with Crippen LogP contribution in [0.3, 0.4) is 0 Å². The van der Waals surface area contributed by atoms with Crippen molar-refractivity contribution in [1.29, 1.82) is 0 Å². The van der Waals surface area contributed by atoms with Crippen LogP contribution in [-0.4, -0.2) is 19.5 Å². The van der Waals surface area contributed by atoms with Crippen molar-refractivity contribution in [3.8, 4) is 136 Å². The van der Waals surface area contributed by atoms with Gasteiger partial charge in [-0.3, -0.25) is 0 Å². The Hall–Kier alpha value is -6.94. The smallest absolute Gasteiger partial charge is 0.0991 e. The Morgan fingerprint density at radius 1 is 0.605 bits per heavy atom. The quantitative estimate of drug-likeness (QED) is 0.547. The van der Waals surface area contributed by atoms with Gasteiger partial charge in [-0.15, -0.1) is 0 Å². The summed E-state index contributed by atoms with van der Waals surface area (Å²) in [4.78, 5) is 11.2. The molecule has 4 heteroatoms. The van der Waals surface area contributed by atoms with Gasteiger partial charge in [-0.1, -0.05) is 11.8 Å². The molecular formula is C34H14N4. The first-order valence-corrected chi connectivity index (χ1v) is 10.6. The summed E-state index contributed by atoms with van der Waals surface area (Å²) in [6, 6.07) is 6.05. The molecule has 1 aromatic carbocycles. The fourth-order valence-electron chi connectivity index (χ4n) is 2.18. The number of aromatic nitrogens is 4. The van der Waals surface area contributed by atoms with Crippen LogP contribution in [0.1, 0.15) is 13.8 Å². The number of rotatable bonds is 1. The normalized spacial score (nSPS) is 6.47. The molecule has 0 spiro atoms. The van der Waals surface area contributed by atoms with E-state index in [1.807, 2.05) is 29.0 Å². The molecule has 170 valence electrons. The summed E-state index contributed by atoms with van der Waals surface area (Å²) in [5, 5.41) is 0. The standard InChI is InChI=1S/C24H6.C10H8N4/c1-3-5-7-9-11-13-15-17-19-21-23-24-22-20-18-16-14-12-10-8-6-4-2;1-2-9-10(13-6-12-9)5-8(1)14-4-3-11-7-14/h1-2H3;1-7H,(H,12,13). The second-order valence-corrected chi connectivity index (χ2v) is 6.07. The Morgan fingerprint density at radius 2 is 1.05 bits per heavy atom. The molecule has 2 heterocycles. The Bertz CT molecular complexity index is 1900. The average Bonchev–Trinajstić information content (AvgIpc) is 3.64. The van der Waals surface area contributed by atoms with Crippen LogP contribution in [0, 0.1) is 130 Å². The maximum Gasteiger partial charge on any atom is 0.0991 e. The van der Waals surface area contributed by atoms with Crippen molar-refractivity contribution in [2.45, 2.75) is 13.8 Å². The van der Waals surface area contributed by atoms with Gasteiger partial charge in [-0.05, 0) is 127 Å². The van der Waals surface area contributed by atoms with E-state index in [2.05, 4.69) is 145 Å². The van der Waals surface area contributed by atoms with Crippen LogP contribution in [0.15, 0.2) is 43.2 Å². The molecule has 38 heavy (non-hydrogen) atoms. The van der Waals surface area contributed by atoms with Crippen LogP contribution in [0.5, 0.6) is 0 Å². The third-order valence-electron chi connectivity index (χ3n) is 3.64. The molecule has 0 aliphatic carbocycles. The second kappa shape index (κ2) is 18.5. The average molecular weight is 479 g/mol. The maximum atomic E-state index is 4.16. The first-order chi connectivity index (χ1) is 18.8. The lowest BCUT2D eigenvalue weighted by Crippen LogP contribution is -1.88. The molecule has 0 aliphatic heterocycles. The minimum Gasteiger partial charge on any atom is -0.345 e. The third-order valence-corrected chi connectivity index (χ3v) is 3.64. The molecule has 0 bridgehead atoms. The number of benzene rings is 1. The van der Waals surface area contributed by atoms with E-state index < -0.39 is 0 Å². The van der Waals surface area contributed by atoms with E-state index in [-0.39, 0.29) is 0 Å². The van der Waals surface area contributed by atoms with Crippen LogP contribution in [0.25, 0.3) is 16.7 Å². The molecule has 0 atom stereocenters. The van der Waals surface area contributed by atoms with Crippen molar-refractivity contribution in [3.05, 3.63) is 43.2 Å². The molecular weight excluding hydrogens is 464 g/mol. The molecule has 0 aliphatic rings. The number of hydrogen-bond acceptors (Lipinski definition) is 2. The van der Waals surface area contributed by atoms with Crippen molar-refractivity contribution in [2.75, 3.05) is 0 Å². The third kappa shape index (κ3) is 11.8. The molecule has 0 saturated heterocycles. The molecule has 0 unspecified atom stereocenters. The fourth-order valence-corrected chi connectivity index (χ4v) is 2.18. The Labute approximate surface area is 223 Å². The zero-order valence-electron chi connectivity index (χ0n) is 20.4. The van der Waals surface area contributed by atoms with Gasteiger partial charge >= 0.3 is 0 Å². The number of nitrogens with one attached hydrogen (secondary N) is 1. The van der Waals surface area contributed by atoms with Gasteiger partial charge in [0.25, 0.3) is 0 Å². The van der Waals surface area contributed by atoms with E-state index in [1.165, 1.54) is 0 Å². The van der Waals surface area contributed by atoms with Crippen molar-refractivity contribution < 1.29 is 0 Å². The molecule has 0 fully saturated rings. The summed E-state index contributed by atoms with van der Waals surface area (Å²) in [5.74, 6) is 55.6. The van der Waals surface area contributed by atoms with Gasteiger partial charge in [0.15, 0.2) is 0 Å². The molecule has 3 aromatic rings. The molecule has 0 amide bonds. The van der Waals surface area contributed by atoms with E-state index in [0.717, 1.165) is 16.7 Å². The summed E-state index contributed by atoms with van der Waals surface area (Å²) in [5.41, 5.74) is 3.10. The van der Waals surface area contributed by atoms with E-state index in [0.29, 0.717) is 0 Å². The van der Waals surface area contributed by atoms with Crippen molar-refractivity contribution in [2.24, 2.45) is 0 Å². The Morgan fingerprint density at radius 3 is 1.45 bits per heavy atom. The lowest BCUT2D eigenvalue weighted by atomic mass is 10.3. The summed E-state index contributed by atoms with van der Waals surface area (Å²) >= 11 is 0. The highest BCUT2D eigenvalue weighted by molar-refractivity contribution is 5.76. The number of nitrogens with zero attached hydrogens (tertiary/aromatic N) is 3. The van der Waals surface area contributed by atoms with Crippen molar-refractivity contribution >= 4 is 11.0 Å². The molecule has 1 N–H and O–H groups in total. The summed E-state index contributed by atoms with van der Waals surface area (Å²) in [7, 11) is 0. The van der Waals surface area contributed by atoms with Gasteiger partial charge in [0.1, 0.15) is 0 Å². The lowest BCUT2D eigenvalue weighted by molar-refractivity contribution is 1.06. The molecule has 4 nitrogen and oxygen atoms in total. The molecule has 0 radical (unpaired) electrons. The minimum atomic E-state index is 0.980. The predicted octanol–water partition coefficient (Wildman–Crippen LogP) is 2.81. The van der Waals surface area contributed by atoms with E-state index in [1.54, 1.807) is 32.7 Å². The van der Waals surface area contributed by atoms with E-state index in [9.17, 15) is 0 Å². The van der Waals surface area contributed by atoms with Crippen LogP contribution < -0.4 is 0 Å². The van der Waals surface area contributed by atoms with E-state index in [4.69, 9.17) is 0 Å². The largest absolute Gasteiger partial charge is 0.345 e. The Balaban J connectivity index is 0.000000300. The van der Waals surface area contributed by atoms with Gasteiger partial charge in [-0.2, -0.15) is 0 Å². The number of imidazole rings is 2. The maximum absolute atomic E-state index is 4.16. The SMILES string of the molecule is CC#CC#CC#CC#CC#CC#CC#CC#CC#CC#CC#CC.c1cn(-c2ccc3nc[nH]c3c2)cn1. The predicted molar refractivity (Wildman–Crippen MR) is 150 cm³/mol. The monoisotopic (exact) mass is 478 g/mol. The summed E-state index contributed by atoms with van der Waals surface area (Å²) in [6.07, 6.45) is 7.15. The van der Waals surface area contributed by atoms with Crippen LogP contribution in [-0.2, 0) is 0 Å². The molecule has 0 saturated carbocycles. The zero-order valence-corrected chi connectivity index (χ0v) is 20.4. The van der Waals surface area contributed by atoms with Gasteiger partial charge < -0.3 is 9.55 Å². The number of fused-ring (bicyclic) bond motifs is 1. The number of aromatic amines is 1. The highest BCUT2D eigenvalue weighted by atomic mass is 15.0. The first-order valence-electron chi connectivity index (χ1n) is 10.6. The lowest BCUT2D eigenvalue weighted by Gasteiger charge is -2.00. The summed E-state index contributed by atoms with van der Waals surface area (Å²) in [6.45, 7) is 3.40. The highest BCUT2D eigenvalue weighted by Crippen LogP contribution is 2.14. The van der Waals surface area contributed by atoms with Crippen LogP contribution in [0.2, 0.25) is 0 Å². The number of hydrogen-bond donors (Lipinski definition) is 1. The molecule has 2 aromatic heterocycles. The second-order valence-electron chi connectivity index (χ2n) is 6.07. The Kier molecular flexibility index (Phi) is 13.3. The van der Waals surface area contributed by atoms with Gasteiger partial charge in [-0.25, -0.2) is 9.97 Å². The summed E-state index contributed by atoms with van der Waals surface area (Å²) < 4.78 is 1.96. The van der Waals surface area contributed by atoms with Gasteiger partial charge in [0.2, 0.25) is 0 Å². The van der Waals surface area contributed by atoms with Crippen molar-refractivity contribution in [1.82, 2.24) is 19.5 Å². The molecule has 3 rings (SSSR count). The highest BCUT2D eigenvalue weighted by Gasteiger charge is 1.98. The topological polar surface area (TPSA) is 46.5 Å². The van der Waals surface area contributed by atoms with E-state index >= 15 is 0 Å².